The third kappa shape index (κ3) is 6.46. The van der Waals surface area contributed by atoms with Crippen LogP contribution < -0.4 is 10.1 Å². The highest BCUT2D eigenvalue weighted by molar-refractivity contribution is 5.87. The van der Waals surface area contributed by atoms with E-state index in [1.807, 2.05) is 13.0 Å². The van der Waals surface area contributed by atoms with Crippen LogP contribution in [0.25, 0.3) is 11.0 Å². The molecule has 3 rings (SSSR count). The number of fused-ring (bicyclic) bond motifs is 1. The molecule has 0 aliphatic rings. The molecule has 0 radical (unpaired) electrons. The fourth-order valence-electron chi connectivity index (χ4n) is 3.70. The highest BCUT2D eigenvalue weighted by Gasteiger charge is 2.13. The number of ether oxygens (including phenoxy) is 1. The van der Waals surface area contributed by atoms with E-state index in [0.717, 1.165) is 48.4 Å². The van der Waals surface area contributed by atoms with E-state index in [0.29, 0.717) is 13.2 Å². The van der Waals surface area contributed by atoms with Gasteiger partial charge in [-0.3, -0.25) is 4.79 Å². The summed E-state index contributed by atoms with van der Waals surface area (Å²) in [6.07, 6.45) is 5.86. The Balaban J connectivity index is 1.56. The molecule has 32 heavy (non-hydrogen) atoms. The minimum absolute atomic E-state index is 0.0475. The number of rotatable bonds is 10. The summed E-state index contributed by atoms with van der Waals surface area (Å²) in [7, 11) is 0. The third-order valence-corrected chi connectivity index (χ3v) is 5.44. The van der Waals surface area contributed by atoms with Crippen LogP contribution in [0.4, 0.5) is 0 Å². The Labute approximate surface area is 191 Å². The summed E-state index contributed by atoms with van der Waals surface area (Å²) < 4.78 is 8.27. The van der Waals surface area contributed by atoms with Crippen molar-refractivity contribution in [1.29, 1.82) is 0 Å². The Morgan fingerprint density at radius 1 is 1.09 bits per heavy atom. The molecule has 3 aromatic rings. The summed E-state index contributed by atoms with van der Waals surface area (Å²) in [6, 6.07) is 16.6. The van der Waals surface area contributed by atoms with E-state index in [1.54, 1.807) is 12.2 Å². The number of carbonyl (C=O) groups excluding carboxylic acids is 1. The van der Waals surface area contributed by atoms with E-state index >= 15 is 0 Å². The molecule has 1 heterocycles. The van der Waals surface area contributed by atoms with Gasteiger partial charge in [-0.05, 0) is 61.1 Å². The molecular weight excluding hydrogens is 398 g/mol. The van der Waals surface area contributed by atoms with E-state index in [2.05, 4.69) is 73.1 Å². The Morgan fingerprint density at radius 3 is 2.56 bits per heavy atom. The lowest BCUT2D eigenvalue weighted by molar-refractivity contribution is -0.116. The van der Waals surface area contributed by atoms with Crippen LogP contribution in [0.1, 0.15) is 51.9 Å². The lowest BCUT2D eigenvalue weighted by atomic mass is 9.87. The van der Waals surface area contributed by atoms with Crippen molar-refractivity contribution in [2.75, 3.05) is 13.2 Å². The van der Waals surface area contributed by atoms with Gasteiger partial charge in [0.15, 0.2) is 0 Å². The highest BCUT2D eigenvalue weighted by atomic mass is 16.5. The average molecular weight is 434 g/mol. The van der Waals surface area contributed by atoms with Gasteiger partial charge in [-0.1, -0.05) is 51.1 Å². The van der Waals surface area contributed by atoms with E-state index < -0.39 is 0 Å². The monoisotopic (exact) mass is 433 g/mol. The standard InChI is InChI=1S/C27H35N3O2/c1-5-10-26(31)28-18-8-13-25-29-23-11-6-7-12-24(23)30(25)19-9-20-32-22-16-14-21(15-17-22)27(2,3)4/h5-7,10-12,14-17H,8-9,13,18-20H2,1-4H3,(H,28,31)/b10-5-. The van der Waals surface area contributed by atoms with E-state index in [9.17, 15) is 4.79 Å². The maximum Gasteiger partial charge on any atom is 0.243 e. The summed E-state index contributed by atoms with van der Waals surface area (Å²) in [6.45, 7) is 10.6. The van der Waals surface area contributed by atoms with Crippen LogP contribution in [0.5, 0.6) is 5.75 Å². The molecule has 0 fully saturated rings. The maximum absolute atomic E-state index is 11.6. The Morgan fingerprint density at radius 2 is 1.84 bits per heavy atom. The second-order valence-electron chi connectivity index (χ2n) is 9.04. The first-order valence-corrected chi connectivity index (χ1v) is 11.5. The molecule has 0 bridgehead atoms. The number of hydrogen-bond acceptors (Lipinski definition) is 3. The molecule has 2 aromatic carbocycles. The molecule has 1 aromatic heterocycles. The first-order chi connectivity index (χ1) is 15.4. The van der Waals surface area contributed by atoms with Crippen molar-refractivity contribution in [3.8, 4) is 5.75 Å². The van der Waals surface area contributed by atoms with Crippen LogP contribution >= 0.6 is 0 Å². The topological polar surface area (TPSA) is 56.2 Å². The molecular formula is C27H35N3O2. The SMILES string of the molecule is C/C=C\C(=O)NCCCc1nc2ccccc2n1CCCOc1ccc(C(C)(C)C)cc1. The van der Waals surface area contributed by atoms with Gasteiger partial charge in [0.1, 0.15) is 11.6 Å². The zero-order valence-electron chi connectivity index (χ0n) is 19.7. The maximum atomic E-state index is 11.6. The van der Waals surface area contributed by atoms with Crippen molar-refractivity contribution in [2.24, 2.45) is 0 Å². The Bertz CT molecular complexity index is 1040. The van der Waals surface area contributed by atoms with Crippen molar-refractivity contribution in [2.45, 2.75) is 58.9 Å². The molecule has 0 aliphatic carbocycles. The minimum atomic E-state index is -0.0475. The second kappa shape index (κ2) is 11.0. The van der Waals surface area contributed by atoms with Crippen molar-refractivity contribution in [3.05, 3.63) is 72.1 Å². The van der Waals surface area contributed by atoms with Crippen molar-refractivity contribution < 1.29 is 9.53 Å². The summed E-state index contributed by atoms with van der Waals surface area (Å²) in [5.41, 5.74) is 3.61. The molecule has 0 saturated carbocycles. The molecule has 5 heteroatoms. The van der Waals surface area contributed by atoms with Gasteiger partial charge in [0, 0.05) is 19.5 Å². The molecule has 1 amide bonds. The van der Waals surface area contributed by atoms with E-state index in [4.69, 9.17) is 9.72 Å². The number of carbonyl (C=O) groups is 1. The van der Waals surface area contributed by atoms with Gasteiger partial charge >= 0.3 is 0 Å². The number of hydrogen-bond donors (Lipinski definition) is 1. The van der Waals surface area contributed by atoms with Crippen molar-refractivity contribution in [1.82, 2.24) is 14.9 Å². The molecule has 0 atom stereocenters. The first kappa shape index (κ1) is 23.6. The summed E-state index contributed by atoms with van der Waals surface area (Å²) >= 11 is 0. The smallest absolute Gasteiger partial charge is 0.243 e. The predicted octanol–water partition coefficient (Wildman–Crippen LogP) is 5.43. The van der Waals surface area contributed by atoms with Crippen LogP contribution in [0, 0.1) is 0 Å². The summed E-state index contributed by atoms with van der Waals surface area (Å²) in [5.74, 6) is 1.92. The Hall–Kier alpha value is -3.08. The lowest BCUT2D eigenvalue weighted by Crippen LogP contribution is -2.22. The molecule has 170 valence electrons. The Kier molecular flexibility index (Phi) is 8.09. The number of imidazole rings is 1. The predicted molar refractivity (Wildman–Crippen MR) is 131 cm³/mol. The van der Waals surface area contributed by atoms with Gasteiger partial charge in [-0.15, -0.1) is 0 Å². The van der Waals surface area contributed by atoms with E-state index in [-0.39, 0.29) is 11.3 Å². The minimum Gasteiger partial charge on any atom is -0.494 e. The van der Waals surface area contributed by atoms with Gasteiger partial charge in [0.2, 0.25) is 5.91 Å². The van der Waals surface area contributed by atoms with Crippen molar-refractivity contribution >= 4 is 16.9 Å². The largest absolute Gasteiger partial charge is 0.494 e. The quantitative estimate of drug-likeness (QED) is 0.343. The fourth-order valence-corrected chi connectivity index (χ4v) is 3.70. The molecule has 0 unspecified atom stereocenters. The normalized spacial score (nSPS) is 11.9. The lowest BCUT2D eigenvalue weighted by Gasteiger charge is -2.19. The fraction of sp³-hybridized carbons (Fsp3) is 0.407. The number of amides is 1. The van der Waals surface area contributed by atoms with Gasteiger partial charge in [0.25, 0.3) is 0 Å². The molecule has 0 aliphatic heterocycles. The van der Waals surface area contributed by atoms with Crippen molar-refractivity contribution in [3.63, 3.8) is 0 Å². The van der Waals surface area contributed by atoms with E-state index in [1.165, 1.54) is 5.56 Å². The molecule has 5 nitrogen and oxygen atoms in total. The van der Waals surface area contributed by atoms with Crippen LogP contribution in [-0.4, -0.2) is 28.6 Å². The number of aryl methyl sites for hydroxylation is 2. The molecule has 1 N–H and O–H groups in total. The summed E-state index contributed by atoms with van der Waals surface area (Å²) in [5, 5.41) is 2.91. The zero-order chi connectivity index (χ0) is 23.0. The number of benzene rings is 2. The number of aromatic nitrogens is 2. The summed E-state index contributed by atoms with van der Waals surface area (Å²) in [4.78, 5) is 16.4. The number of nitrogens with one attached hydrogen (secondary N) is 1. The van der Waals surface area contributed by atoms with Gasteiger partial charge in [-0.25, -0.2) is 4.98 Å². The molecule has 0 saturated heterocycles. The number of allylic oxidation sites excluding steroid dienone is 1. The van der Waals surface area contributed by atoms with Crippen LogP contribution in [0.15, 0.2) is 60.7 Å². The average Bonchev–Trinajstić information content (AvgIpc) is 3.11. The number of nitrogens with zero attached hydrogens (tertiary/aromatic N) is 2. The molecule has 0 spiro atoms. The second-order valence-corrected chi connectivity index (χ2v) is 9.04. The van der Waals surface area contributed by atoms with Gasteiger partial charge in [0.05, 0.1) is 17.6 Å². The van der Waals surface area contributed by atoms with Crippen LogP contribution in [0.3, 0.4) is 0 Å². The van der Waals surface area contributed by atoms with Crippen LogP contribution in [-0.2, 0) is 23.2 Å². The first-order valence-electron chi connectivity index (χ1n) is 11.5. The number of para-hydroxylation sites is 2. The third-order valence-electron chi connectivity index (χ3n) is 5.44. The zero-order valence-corrected chi connectivity index (χ0v) is 19.7. The van der Waals surface area contributed by atoms with Crippen LogP contribution in [0.2, 0.25) is 0 Å². The highest BCUT2D eigenvalue weighted by Crippen LogP contribution is 2.24. The van der Waals surface area contributed by atoms with Gasteiger partial charge < -0.3 is 14.6 Å². The van der Waals surface area contributed by atoms with Gasteiger partial charge in [-0.2, -0.15) is 0 Å².